The highest BCUT2D eigenvalue weighted by atomic mass is 79.9. The third kappa shape index (κ3) is 3.16. The Kier molecular flexibility index (Phi) is 4.03. The van der Waals surface area contributed by atoms with Crippen molar-refractivity contribution in [1.82, 2.24) is 4.90 Å². The molecule has 1 aliphatic carbocycles. The first-order valence-electron chi connectivity index (χ1n) is 8.01. The molecule has 1 amide bonds. The summed E-state index contributed by atoms with van der Waals surface area (Å²) in [4.78, 5) is 26.8. The van der Waals surface area contributed by atoms with Gasteiger partial charge in [-0.25, -0.2) is 4.79 Å². The number of halogens is 1. The average molecular weight is 380 g/mol. The second-order valence-electron chi connectivity index (χ2n) is 7.56. The van der Waals surface area contributed by atoms with Crippen LogP contribution in [0.3, 0.4) is 0 Å². The van der Waals surface area contributed by atoms with Crippen LogP contribution in [0.1, 0.15) is 49.5 Å². The van der Waals surface area contributed by atoms with Crippen LogP contribution in [0.4, 0.5) is 4.79 Å². The van der Waals surface area contributed by atoms with E-state index in [2.05, 4.69) is 15.9 Å². The van der Waals surface area contributed by atoms with E-state index >= 15 is 0 Å². The normalized spacial score (nSPS) is 19.8. The van der Waals surface area contributed by atoms with Crippen molar-refractivity contribution >= 4 is 27.8 Å². The van der Waals surface area contributed by atoms with Gasteiger partial charge >= 0.3 is 6.09 Å². The van der Waals surface area contributed by atoms with Crippen LogP contribution in [0, 0.1) is 5.41 Å². The summed E-state index contributed by atoms with van der Waals surface area (Å²) >= 11 is 3.44. The van der Waals surface area contributed by atoms with Gasteiger partial charge in [0.2, 0.25) is 0 Å². The van der Waals surface area contributed by atoms with E-state index in [1.54, 1.807) is 4.90 Å². The number of ether oxygens (including phenoxy) is 1. The van der Waals surface area contributed by atoms with E-state index in [9.17, 15) is 9.59 Å². The van der Waals surface area contributed by atoms with E-state index in [4.69, 9.17) is 4.74 Å². The minimum absolute atomic E-state index is 0.234. The number of benzene rings is 1. The number of fused-ring (bicyclic) bond motifs is 1. The van der Waals surface area contributed by atoms with Crippen LogP contribution in [0.5, 0.6) is 0 Å². The summed E-state index contributed by atoms with van der Waals surface area (Å²) in [5, 5.41) is 0. The molecule has 1 aromatic rings. The fraction of sp³-hybridized carbons (Fsp3) is 0.556. The maximum Gasteiger partial charge on any atom is 0.410 e. The molecule has 0 saturated carbocycles. The van der Waals surface area contributed by atoms with Crippen LogP contribution >= 0.6 is 15.9 Å². The molecular formula is C18H22BrNO3. The summed E-state index contributed by atoms with van der Waals surface area (Å²) in [6.45, 7) is 6.76. The fourth-order valence-electron chi connectivity index (χ4n) is 3.49. The number of Topliss-reactive ketones (excluding diaryl/α,β-unsaturated/α-hetero) is 1. The molecule has 23 heavy (non-hydrogen) atoms. The number of rotatable bonds is 0. The molecule has 1 heterocycles. The van der Waals surface area contributed by atoms with Crippen LogP contribution < -0.4 is 0 Å². The molecule has 1 fully saturated rings. The number of ketones is 1. The summed E-state index contributed by atoms with van der Waals surface area (Å²) < 4.78 is 6.37. The molecule has 1 saturated heterocycles. The molecule has 5 heteroatoms. The van der Waals surface area contributed by atoms with Crippen LogP contribution in [-0.4, -0.2) is 35.5 Å². The standard InChI is InChI=1S/C18H22BrNO3/c1-17(2,3)23-16(22)20-8-6-18(7-9-20)11-12-4-5-13(19)10-14(12)15(18)21/h4-5,10H,6-9,11H2,1-3H3. The van der Waals surface area contributed by atoms with Crippen LogP contribution in [0.2, 0.25) is 0 Å². The summed E-state index contributed by atoms with van der Waals surface area (Å²) in [5.74, 6) is 0.234. The highest BCUT2D eigenvalue weighted by Gasteiger charge is 2.47. The van der Waals surface area contributed by atoms with Crippen molar-refractivity contribution in [3.63, 3.8) is 0 Å². The van der Waals surface area contributed by atoms with Gasteiger partial charge in [-0.05, 0) is 57.7 Å². The van der Waals surface area contributed by atoms with Gasteiger partial charge in [-0.3, -0.25) is 4.79 Å². The first-order chi connectivity index (χ1) is 10.7. The summed E-state index contributed by atoms with van der Waals surface area (Å²) in [5.41, 5.74) is 1.15. The number of carbonyl (C=O) groups excluding carboxylic acids is 2. The second-order valence-corrected chi connectivity index (χ2v) is 8.47. The van der Waals surface area contributed by atoms with Crippen molar-refractivity contribution < 1.29 is 14.3 Å². The smallest absolute Gasteiger partial charge is 0.410 e. The van der Waals surface area contributed by atoms with Gasteiger partial charge in [0.15, 0.2) is 5.78 Å². The third-order valence-electron chi connectivity index (χ3n) is 4.70. The molecule has 4 nitrogen and oxygen atoms in total. The molecular weight excluding hydrogens is 358 g/mol. The van der Waals surface area contributed by atoms with Crippen molar-refractivity contribution in [3.05, 3.63) is 33.8 Å². The summed E-state index contributed by atoms with van der Waals surface area (Å²) in [6, 6.07) is 5.94. The zero-order valence-corrected chi connectivity index (χ0v) is 15.4. The highest BCUT2D eigenvalue weighted by Crippen LogP contribution is 2.45. The van der Waals surface area contributed by atoms with Gasteiger partial charge < -0.3 is 9.64 Å². The third-order valence-corrected chi connectivity index (χ3v) is 5.19. The lowest BCUT2D eigenvalue weighted by molar-refractivity contribution is 0.0114. The number of hydrogen-bond acceptors (Lipinski definition) is 3. The largest absolute Gasteiger partial charge is 0.444 e. The predicted molar refractivity (Wildman–Crippen MR) is 91.7 cm³/mol. The average Bonchev–Trinajstić information content (AvgIpc) is 2.71. The lowest BCUT2D eigenvalue weighted by Crippen LogP contribution is -2.47. The van der Waals surface area contributed by atoms with Gasteiger partial charge in [-0.1, -0.05) is 22.0 Å². The molecule has 0 radical (unpaired) electrons. The quantitative estimate of drug-likeness (QED) is 0.678. The number of likely N-dealkylation sites (tertiary alicyclic amines) is 1. The zero-order chi connectivity index (χ0) is 16.8. The first-order valence-corrected chi connectivity index (χ1v) is 8.81. The van der Waals surface area contributed by atoms with E-state index < -0.39 is 5.60 Å². The Morgan fingerprint density at radius 2 is 1.91 bits per heavy atom. The number of hydrogen-bond donors (Lipinski definition) is 0. The Hall–Kier alpha value is -1.36. The topological polar surface area (TPSA) is 46.6 Å². The van der Waals surface area contributed by atoms with Crippen LogP contribution in [0.25, 0.3) is 0 Å². The molecule has 0 unspecified atom stereocenters. The maximum absolute atomic E-state index is 12.9. The highest BCUT2D eigenvalue weighted by molar-refractivity contribution is 9.10. The number of carbonyl (C=O) groups is 2. The zero-order valence-electron chi connectivity index (χ0n) is 13.8. The lowest BCUT2D eigenvalue weighted by atomic mass is 9.75. The number of nitrogens with zero attached hydrogens (tertiary/aromatic N) is 1. The monoisotopic (exact) mass is 379 g/mol. The Balaban J connectivity index is 1.70. The van der Waals surface area contributed by atoms with Gasteiger partial charge in [0.05, 0.1) is 0 Å². The molecule has 0 aromatic heterocycles. The molecule has 1 spiro atoms. The minimum atomic E-state index is -0.488. The first kappa shape index (κ1) is 16.5. The van der Waals surface area contributed by atoms with E-state index in [1.807, 2.05) is 39.0 Å². The maximum atomic E-state index is 12.9. The second kappa shape index (κ2) is 5.62. The van der Waals surface area contributed by atoms with Gasteiger partial charge in [-0.2, -0.15) is 0 Å². The molecule has 2 aliphatic rings. The van der Waals surface area contributed by atoms with Crippen molar-refractivity contribution in [2.75, 3.05) is 13.1 Å². The van der Waals surface area contributed by atoms with Crippen molar-refractivity contribution in [1.29, 1.82) is 0 Å². The molecule has 1 aromatic carbocycles. The van der Waals surface area contributed by atoms with Crippen molar-refractivity contribution in [3.8, 4) is 0 Å². The Bertz CT molecular complexity index is 655. The van der Waals surface area contributed by atoms with E-state index in [0.717, 1.165) is 22.0 Å². The Morgan fingerprint density at radius 1 is 1.26 bits per heavy atom. The summed E-state index contributed by atoms with van der Waals surface area (Å²) in [7, 11) is 0. The van der Waals surface area contributed by atoms with E-state index in [1.165, 1.54) is 0 Å². The predicted octanol–water partition coefficient (Wildman–Crippen LogP) is 4.21. The summed E-state index contributed by atoms with van der Waals surface area (Å²) in [6.07, 6.45) is 1.92. The SMILES string of the molecule is CC(C)(C)OC(=O)N1CCC2(CC1)Cc1ccc(Br)cc1C2=O. The Labute approximate surface area is 145 Å². The van der Waals surface area contributed by atoms with E-state index in [-0.39, 0.29) is 17.3 Å². The molecule has 0 N–H and O–H groups in total. The lowest BCUT2D eigenvalue weighted by Gasteiger charge is -2.38. The van der Waals surface area contributed by atoms with Crippen LogP contribution in [-0.2, 0) is 11.2 Å². The molecule has 0 bridgehead atoms. The molecule has 3 rings (SSSR count). The number of amides is 1. The molecule has 124 valence electrons. The Morgan fingerprint density at radius 3 is 2.52 bits per heavy atom. The van der Waals surface area contributed by atoms with E-state index in [0.29, 0.717) is 25.9 Å². The minimum Gasteiger partial charge on any atom is -0.444 e. The fourth-order valence-corrected chi connectivity index (χ4v) is 3.85. The molecule has 1 aliphatic heterocycles. The van der Waals surface area contributed by atoms with Gasteiger partial charge in [-0.15, -0.1) is 0 Å². The number of piperidine rings is 1. The van der Waals surface area contributed by atoms with Crippen molar-refractivity contribution in [2.45, 2.75) is 45.6 Å². The molecule has 0 atom stereocenters. The van der Waals surface area contributed by atoms with Gasteiger partial charge in [0.1, 0.15) is 5.60 Å². The van der Waals surface area contributed by atoms with Gasteiger partial charge in [0.25, 0.3) is 0 Å². The van der Waals surface area contributed by atoms with Gasteiger partial charge in [0, 0.05) is 28.5 Å². The van der Waals surface area contributed by atoms with Crippen molar-refractivity contribution in [2.24, 2.45) is 5.41 Å². The van der Waals surface area contributed by atoms with Crippen LogP contribution in [0.15, 0.2) is 22.7 Å².